The van der Waals surface area contributed by atoms with Crippen molar-refractivity contribution in [2.24, 2.45) is 5.73 Å². The number of H-pyrrole nitrogens is 1. The van der Waals surface area contributed by atoms with Gasteiger partial charge >= 0.3 is 0 Å². The maximum absolute atomic E-state index is 13.4. The molecule has 1 heterocycles. The number of benzene rings is 2. The van der Waals surface area contributed by atoms with Gasteiger partial charge in [-0.05, 0) is 29.8 Å². The van der Waals surface area contributed by atoms with Gasteiger partial charge in [-0.25, -0.2) is 9.37 Å². The highest BCUT2D eigenvalue weighted by Crippen LogP contribution is 2.29. The molecule has 0 aliphatic rings. The summed E-state index contributed by atoms with van der Waals surface area (Å²) in [6.07, 6.45) is 0. The Morgan fingerprint density at radius 2 is 2.11 bits per heavy atom. The van der Waals surface area contributed by atoms with Crippen molar-refractivity contribution in [1.29, 1.82) is 0 Å². The molecule has 3 aromatic rings. The lowest BCUT2D eigenvalue weighted by molar-refractivity contribution is 0.628. The van der Waals surface area contributed by atoms with Crippen LogP contribution >= 0.6 is 11.6 Å². The van der Waals surface area contributed by atoms with Crippen molar-refractivity contribution in [3.63, 3.8) is 0 Å². The Morgan fingerprint density at radius 1 is 1.26 bits per heavy atom. The van der Waals surface area contributed by atoms with Crippen LogP contribution in [0.4, 0.5) is 4.39 Å². The largest absolute Gasteiger partial charge is 0.338 e. The van der Waals surface area contributed by atoms with Crippen molar-refractivity contribution in [1.82, 2.24) is 9.97 Å². The highest BCUT2D eigenvalue weighted by Gasteiger charge is 2.11. The number of fused-ring (bicyclic) bond motifs is 1. The molecule has 96 valence electrons. The molecule has 0 bridgehead atoms. The van der Waals surface area contributed by atoms with E-state index in [0.717, 1.165) is 16.6 Å². The van der Waals surface area contributed by atoms with Crippen LogP contribution in [0.15, 0.2) is 36.4 Å². The van der Waals surface area contributed by atoms with Crippen LogP contribution in [0.1, 0.15) is 5.56 Å². The van der Waals surface area contributed by atoms with E-state index in [2.05, 4.69) is 9.97 Å². The average molecular weight is 276 g/mol. The fraction of sp³-hybridized carbons (Fsp3) is 0.0714. The Hall–Kier alpha value is -1.91. The number of halogens is 2. The molecule has 0 radical (unpaired) electrons. The van der Waals surface area contributed by atoms with Crippen molar-refractivity contribution in [3.8, 4) is 11.4 Å². The topological polar surface area (TPSA) is 54.7 Å². The van der Waals surface area contributed by atoms with Crippen LogP contribution in [0.25, 0.3) is 22.4 Å². The summed E-state index contributed by atoms with van der Waals surface area (Å²) in [4.78, 5) is 7.55. The molecular formula is C14H11ClFN3. The molecular weight excluding hydrogens is 265 g/mol. The summed E-state index contributed by atoms with van der Waals surface area (Å²) in [5.41, 5.74) is 8.81. The molecule has 3 rings (SSSR count). The summed E-state index contributed by atoms with van der Waals surface area (Å²) in [5, 5.41) is 0.0700. The molecule has 2 aromatic carbocycles. The number of aromatic nitrogens is 2. The molecule has 3 nitrogen and oxygen atoms in total. The smallest absolute Gasteiger partial charge is 0.142 e. The van der Waals surface area contributed by atoms with E-state index >= 15 is 0 Å². The SMILES string of the molecule is NCc1ccc2nc(-c3cccc(F)c3Cl)[nH]c2c1. The highest BCUT2D eigenvalue weighted by molar-refractivity contribution is 6.33. The zero-order valence-corrected chi connectivity index (χ0v) is 10.7. The summed E-state index contributed by atoms with van der Waals surface area (Å²) >= 11 is 5.96. The fourth-order valence-corrected chi connectivity index (χ4v) is 2.21. The number of imidazole rings is 1. The van der Waals surface area contributed by atoms with Gasteiger partial charge in [0, 0.05) is 12.1 Å². The van der Waals surface area contributed by atoms with Gasteiger partial charge in [-0.15, -0.1) is 0 Å². The van der Waals surface area contributed by atoms with E-state index in [1.807, 2.05) is 18.2 Å². The minimum Gasteiger partial charge on any atom is -0.338 e. The third-order valence-electron chi connectivity index (χ3n) is 2.99. The number of aromatic amines is 1. The molecule has 0 aliphatic carbocycles. The summed E-state index contributed by atoms with van der Waals surface area (Å²) in [6.45, 7) is 0.463. The first-order chi connectivity index (χ1) is 9.19. The van der Waals surface area contributed by atoms with Crippen molar-refractivity contribution in [3.05, 3.63) is 52.8 Å². The van der Waals surface area contributed by atoms with Crippen LogP contribution in [0.3, 0.4) is 0 Å². The van der Waals surface area contributed by atoms with Gasteiger partial charge in [0.05, 0.1) is 16.1 Å². The van der Waals surface area contributed by atoms with Gasteiger partial charge in [0.15, 0.2) is 0 Å². The molecule has 0 aliphatic heterocycles. The van der Waals surface area contributed by atoms with Crippen LogP contribution in [0.5, 0.6) is 0 Å². The number of nitrogens with two attached hydrogens (primary N) is 1. The van der Waals surface area contributed by atoms with Crippen LogP contribution < -0.4 is 5.73 Å². The second kappa shape index (κ2) is 4.64. The molecule has 0 spiro atoms. The number of rotatable bonds is 2. The van der Waals surface area contributed by atoms with Crippen molar-refractivity contribution < 1.29 is 4.39 Å². The molecule has 5 heteroatoms. The highest BCUT2D eigenvalue weighted by atomic mass is 35.5. The Balaban J connectivity index is 2.18. The standard InChI is InChI=1S/C14H11ClFN3/c15-13-9(2-1-3-10(13)16)14-18-11-5-4-8(7-17)6-12(11)19-14/h1-6H,7,17H2,(H,18,19). The minimum absolute atomic E-state index is 0.0700. The van der Waals surface area contributed by atoms with Crippen molar-refractivity contribution >= 4 is 22.6 Å². The fourth-order valence-electron chi connectivity index (χ4n) is 2.00. The third-order valence-corrected chi connectivity index (χ3v) is 3.37. The molecule has 0 fully saturated rings. The third kappa shape index (κ3) is 2.09. The number of hydrogen-bond acceptors (Lipinski definition) is 2. The number of nitrogens with zero attached hydrogens (tertiary/aromatic N) is 1. The zero-order valence-electron chi connectivity index (χ0n) is 9.95. The second-order valence-electron chi connectivity index (χ2n) is 4.24. The summed E-state index contributed by atoms with van der Waals surface area (Å²) in [5.74, 6) is 0.0935. The summed E-state index contributed by atoms with van der Waals surface area (Å²) in [6, 6.07) is 10.4. The first-order valence-corrected chi connectivity index (χ1v) is 6.20. The Labute approximate surface area is 114 Å². The maximum Gasteiger partial charge on any atom is 0.142 e. The lowest BCUT2D eigenvalue weighted by atomic mass is 10.2. The average Bonchev–Trinajstić information content (AvgIpc) is 2.84. The summed E-state index contributed by atoms with van der Waals surface area (Å²) < 4.78 is 13.4. The van der Waals surface area contributed by atoms with E-state index in [1.54, 1.807) is 12.1 Å². The lowest BCUT2D eigenvalue weighted by Gasteiger charge is -2.00. The number of hydrogen-bond donors (Lipinski definition) is 2. The van der Waals surface area contributed by atoms with Gasteiger partial charge in [-0.2, -0.15) is 0 Å². The zero-order chi connectivity index (χ0) is 13.4. The van der Waals surface area contributed by atoms with Crippen molar-refractivity contribution in [2.45, 2.75) is 6.54 Å². The first-order valence-electron chi connectivity index (χ1n) is 5.82. The molecule has 19 heavy (non-hydrogen) atoms. The van der Waals surface area contributed by atoms with Crippen molar-refractivity contribution in [2.75, 3.05) is 0 Å². The van der Waals surface area contributed by atoms with Crippen LogP contribution in [-0.4, -0.2) is 9.97 Å². The maximum atomic E-state index is 13.4. The van der Waals surface area contributed by atoms with E-state index < -0.39 is 5.82 Å². The minimum atomic E-state index is -0.456. The normalized spacial score (nSPS) is 11.1. The second-order valence-corrected chi connectivity index (χ2v) is 4.62. The Bertz CT molecular complexity index is 752. The van der Waals surface area contributed by atoms with Crippen LogP contribution in [-0.2, 0) is 6.54 Å². The predicted octanol–water partition coefficient (Wildman–Crippen LogP) is 3.48. The first kappa shape index (κ1) is 12.1. The molecule has 0 saturated heterocycles. The number of nitrogens with one attached hydrogen (secondary N) is 1. The van der Waals surface area contributed by atoms with E-state index in [0.29, 0.717) is 17.9 Å². The van der Waals surface area contributed by atoms with E-state index in [-0.39, 0.29) is 5.02 Å². The van der Waals surface area contributed by atoms with Crippen LogP contribution in [0, 0.1) is 5.82 Å². The quantitative estimate of drug-likeness (QED) is 0.752. The predicted molar refractivity (Wildman–Crippen MR) is 74.4 cm³/mol. The molecule has 0 unspecified atom stereocenters. The molecule has 0 amide bonds. The molecule has 1 aromatic heterocycles. The molecule has 0 saturated carbocycles. The summed E-state index contributed by atoms with van der Waals surface area (Å²) in [7, 11) is 0. The van der Waals surface area contributed by atoms with Gasteiger partial charge in [-0.3, -0.25) is 0 Å². The van der Waals surface area contributed by atoms with Gasteiger partial charge in [-0.1, -0.05) is 23.7 Å². The van der Waals surface area contributed by atoms with E-state index in [4.69, 9.17) is 17.3 Å². The Kier molecular flexibility index (Phi) is 2.97. The molecule has 3 N–H and O–H groups in total. The monoisotopic (exact) mass is 275 g/mol. The van der Waals surface area contributed by atoms with E-state index in [9.17, 15) is 4.39 Å². The van der Waals surface area contributed by atoms with E-state index in [1.165, 1.54) is 6.07 Å². The molecule has 0 atom stereocenters. The van der Waals surface area contributed by atoms with Crippen LogP contribution in [0.2, 0.25) is 5.02 Å². The lowest BCUT2D eigenvalue weighted by Crippen LogP contribution is -1.95. The van der Waals surface area contributed by atoms with Gasteiger partial charge in [0.1, 0.15) is 11.6 Å². The Morgan fingerprint density at radius 3 is 2.89 bits per heavy atom. The van der Waals surface area contributed by atoms with Gasteiger partial charge < -0.3 is 10.7 Å². The van der Waals surface area contributed by atoms with Gasteiger partial charge in [0.25, 0.3) is 0 Å². The van der Waals surface area contributed by atoms with Gasteiger partial charge in [0.2, 0.25) is 0 Å².